The van der Waals surface area contributed by atoms with E-state index in [2.05, 4.69) is 10.4 Å². The number of H-pyrrole nitrogens is 1. The number of fused-ring (bicyclic) bond motifs is 1. The second-order valence-electron chi connectivity index (χ2n) is 5.36. The molecule has 2 heterocycles. The summed E-state index contributed by atoms with van der Waals surface area (Å²) in [6.07, 6.45) is 2.56. The Hall–Kier alpha value is -2.57. The molecule has 116 valence electrons. The van der Waals surface area contributed by atoms with Crippen LogP contribution in [0, 0.1) is 0 Å². The van der Waals surface area contributed by atoms with E-state index in [-0.39, 0.29) is 17.4 Å². The number of amides is 1. The molecule has 1 atom stereocenters. The van der Waals surface area contributed by atoms with Gasteiger partial charge in [0.1, 0.15) is 11.8 Å². The van der Waals surface area contributed by atoms with Crippen LogP contribution >= 0.6 is 0 Å². The fourth-order valence-electron chi connectivity index (χ4n) is 2.72. The average Bonchev–Trinajstić information content (AvgIpc) is 2.70. The van der Waals surface area contributed by atoms with E-state index in [9.17, 15) is 14.4 Å². The van der Waals surface area contributed by atoms with Crippen molar-refractivity contribution in [2.45, 2.75) is 31.7 Å². The number of aromatic amines is 1. The van der Waals surface area contributed by atoms with Crippen molar-refractivity contribution in [1.29, 1.82) is 0 Å². The summed E-state index contributed by atoms with van der Waals surface area (Å²) >= 11 is 0. The van der Waals surface area contributed by atoms with Crippen LogP contribution in [-0.4, -0.2) is 34.7 Å². The predicted octanol–water partition coefficient (Wildman–Crippen LogP) is 1.04. The summed E-state index contributed by atoms with van der Waals surface area (Å²) < 4.78 is 6.34. The van der Waals surface area contributed by atoms with Gasteiger partial charge < -0.3 is 10.1 Å². The lowest BCUT2D eigenvalue weighted by atomic mass is 10.1. The van der Waals surface area contributed by atoms with E-state index in [1.54, 1.807) is 18.2 Å². The zero-order valence-corrected chi connectivity index (χ0v) is 12.2. The average molecular weight is 303 g/mol. The molecule has 0 bridgehead atoms. The monoisotopic (exact) mass is 303 g/mol. The van der Waals surface area contributed by atoms with Gasteiger partial charge in [0, 0.05) is 12.5 Å². The Balaban J connectivity index is 2.03. The van der Waals surface area contributed by atoms with Crippen LogP contribution in [0.3, 0.4) is 0 Å². The lowest BCUT2D eigenvalue weighted by molar-refractivity contribution is -0.121. The summed E-state index contributed by atoms with van der Waals surface area (Å²) in [6, 6.07) is 4.29. The number of nitrogens with zero attached hydrogens (tertiary/aromatic N) is 1. The molecule has 3 rings (SSSR count). The van der Waals surface area contributed by atoms with Crippen molar-refractivity contribution in [2.75, 3.05) is 7.11 Å². The maximum Gasteiger partial charge on any atom is 0.272 e. The Kier molecular flexibility index (Phi) is 3.70. The van der Waals surface area contributed by atoms with E-state index in [1.807, 2.05) is 0 Å². The number of hydrogen-bond donors (Lipinski definition) is 2. The zero-order chi connectivity index (χ0) is 15.7. The number of carbonyl (C=O) groups excluding carboxylic acids is 2. The summed E-state index contributed by atoms with van der Waals surface area (Å²) in [5.74, 6) is 0.0841. The van der Waals surface area contributed by atoms with Gasteiger partial charge in [-0.25, -0.2) is 4.68 Å². The molecule has 1 aliphatic rings. The van der Waals surface area contributed by atoms with E-state index in [0.717, 1.165) is 12.8 Å². The molecule has 0 radical (unpaired) electrons. The molecule has 22 heavy (non-hydrogen) atoms. The zero-order valence-electron chi connectivity index (χ0n) is 12.2. The number of ether oxygens (including phenoxy) is 1. The molecule has 2 aromatic rings. The molecule has 1 aliphatic heterocycles. The first-order chi connectivity index (χ1) is 10.6. The van der Waals surface area contributed by atoms with Crippen LogP contribution < -0.4 is 15.6 Å². The van der Waals surface area contributed by atoms with E-state index >= 15 is 0 Å². The first-order valence-electron chi connectivity index (χ1n) is 7.22. The summed E-state index contributed by atoms with van der Waals surface area (Å²) in [4.78, 5) is 36.3. The van der Waals surface area contributed by atoms with Crippen molar-refractivity contribution in [2.24, 2.45) is 0 Å². The Bertz CT molecular complexity index is 790. The first-order valence-corrected chi connectivity index (χ1v) is 7.22. The summed E-state index contributed by atoms with van der Waals surface area (Å²) in [5, 5.41) is 5.67. The largest absolute Gasteiger partial charge is 0.497 e. The van der Waals surface area contributed by atoms with Crippen molar-refractivity contribution in [3.63, 3.8) is 0 Å². The van der Waals surface area contributed by atoms with E-state index in [4.69, 9.17) is 4.74 Å². The van der Waals surface area contributed by atoms with Gasteiger partial charge in [-0.3, -0.25) is 19.5 Å². The van der Waals surface area contributed by atoms with Crippen LogP contribution in [0.5, 0.6) is 5.75 Å². The molecule has 1 fully saturated rings. The smallest absolute Gasteiger partial charge is 0.272 e. The predicted molar refractivity (Wildman–Crippen MR) is 80.1 cm³/mol. The van der Waals surface area contributed by atoms with Gasteiger partial charge in [0.15, 0.2) is 0 Å². The lowest BCUT2D eigenvalue weighted by Crippen LogP contribution is -2.42. The Morgan fingerprint density at radius 3 is 2.91 bits per heavy atom. The van der Waals surface area contributed by atoms with E-state index < -0.39 is 6.04 Å². The Morgan fingerprint density at radius 2 is 2.14 bits per heavy atom. The van der Waals surface area contributed by atoms with Gasteiger partial charge >= 0.3 is 0 Å². The molecule has 1 aromatic carbocycles. The SMILES string of the molecule is COc1ccc2c(=O)[nH]n(C(=O)[C@@H]3CCCCC(=O)N3)c2c1. The molecule has 0 aliphatic carbocycles. The number of nitrogens with one attached hydrogen (secondary N) is 2. The maximum atomic E-state index is 12.7. The van der Waals surface area contributed by atoms with Crippen molar-refractivity contribution >= 4 is 22.7 Å². The third-order valence-electron chi connectivity index (χ3n) is 3.90. The van der Waals surface area contributed by atoms with Gasteiger partial charge in [0.25, 0.3) is 11.5 Å². The van der Waals surface area contributed by atoms with Crippen molar-refractivity contribution < 1.29 is 14.3 Å². The third-order valence-corrected chi connectivity index (χ3v) is 3.90. The minimum absolute atomic E-state index is 0.132. The first kappa shape index (κ1) is 14.4. The molecule has 7 heteroatoms. The van der Waals surface area contributed by atoms with Gasteiger partial charge in [0.05, 0.1) is 18.0 Å². The summed E-state index contributed by atoms with van der Waals surface area (Å²) in [6.45, 7) is 0. The quantitative estimate of drug-likeness (QED) is 0.866. The van der Waals surface area contributed by atoms with Gasteiger partial charge in [-0.05, 0) is 25.0 Å². The molecule has 0 spiro atoms. The van der Waals surface area contributed by atoms with Crippen molar-refractivity contribution in [1.82, 2.24) is 15.1 Å². The number of benzene rings is 1. The highest BCUT2D eigenvalue weighted by Gasteiger charge is 2.26. The number of methoxy groups -OCH3 is 1. The second-order valence-corrected chi connectivity index (χ2v) is 5.36. The molecule has 1 aromatic heterocycles. The molecule has 1 saturated heterocycles. The summed E-state index contributed by atoms with van der Waals surface area (Å²) in [5.41, 5.74) is 0.110. The fourth-order valence-corrected chi connectivity index (χ4v) is 2.72. The van der Waals surface area contributed by atoms with Gasteiger partial charge in [-0.2, -0.15) is 0 Å². The van der Waals surface area contributed by atoms with Crippen LogP contribution in [0.1, 0.15) is 30.5 Å². The molecular formula is C15H17N3O4. The van der Waals surface area contributed by atoms with Crippen molar-refractivity contribution in [3.05, 3.63) is 28.6 Å². The van der Waals surface area contributed by atoms with E-state index in [0.29, 0.717) is 29.5 Å². The highest BCUT2D eigenvalue weighted by Crippen LogP contribution is 2.19. The van der Waals surface area contributed by atoms with Gasteiger partial charge in [-0.1, -0.05) is 6.42 Å². The standard InChI is InChI=1S/C15H17N3O4/c1-22-9-6-7-10-12(8-9)18(17-14(10)20)15(21)11-4-2-3-5-13(19)16-11/h6-8,11H,2-5H2,1H3,(H,16,19)(H,17,20)/t11-/m0/s1. The lowest BCUT2D eigenvalue weighted by Gasteiger charge is -2.15. The third kappa shape index (κ3) is 2.49. The second kappa shape index (κ2) is 5.67. The van der Waals surface area contributed by atoms with Crippen LogP contribution in [0.15, 0.2) is 23.0 Å². The molecule has 2 N–H and O–H groups in total. The Morgan fingerprint density at radius 1 is 1.32 bits per heavy atom. The van der Waals surface area contributed by atoms with Crippen LogP contribution in [0.25, 0.3) is 10.9 Å². The topological polar surface area (TPSA) is 93.2 Å². The normalized spacial score (nSPS) is 18.8. The molecule has 1 amide bonds. The Labute approximate surface area is 126 Å². The van der Waals surface area contributed by atoms with Crippen LogP contribution in [0.4, 0.5) is 0 Å². The number of carbonyl (C=O) groups is 2. The van der Waals surface area contributed by atoms with Crippen LogP contribution in [-0.2, 0) is 4.79 Å². The van der Waals surface area contributed by atoms with E-state index in [1.165, 1.54) is 11.8 Å². The minimum atomic E-state index is -0.618. The molecular weight excluding hydrogens is 286 g/mol. The summed E-state index contributed by atoms with van der Waals surface area (Å²) in [7, 11) is 1.52. The highest BCUT2D eigenvalue weighted by molar-refractivity contribution is 5.95. The van der Waals surface area contributed by atoms with Gasteiger partial charge in [-0.15, -0.1) is 0 Å². The molecule has 7 nitrogen and oxygen atoms in total. The number of hydrogen-bond acceptors (Lipinski definition) is 4. The van der Waals surface area contributed by atoms with Crippen LogP contribution in [0.2, 0.25) is 0 Å². The van der Waals surface area contributed by atoms with Gasteiger partial charge in [0.2, 0.25) is 5.91 Å². The number of aromatic nitrogens is 2. The minimum Gasteiger partial charge on any atom is -0.497 e. The maximum absolute atomic E-state index is 12.7. The fraction of sp³-hybridized carbons (Fsp3) is 0.400. The molecule has 0 saturated carbocycles. The highest BCUT2D eigenvalue weighted by atomic mass is 16.5. The molecule has 0 unspecified atom stereocenters. The number of rotatable bonds is 2. The van der Waals surface area contributed by atoms with Crippen molar-refractivity contribution in [3.8, 4) is 5.75 Å².